The Morgan fingerprint density at radius 3 is 2.50 bits per heavy atom. The van der Waals surface area contributed by atoms with Gasteiger partial charge in [-0.3, -0.25) is 0 Å². The first-order valence-corrected chi connectivity index (χ1v) is 7.55. The van der Waals surface area contributed by atoms with Crippen LogP contribution in [-0.4, -0.2) is 12.1 Å². The zero-order chi connectivity index (χ0) is 14.4. The summed E-state index contributed by atoms with van der Waals surface area (Å²) in [4.78, 5) is 12.0. The molecular weight excluding hydrogens is 250 g/mol. The molecule has 1 aromatic rings. The van der Waals surface area contributed by atoms with Crippen LogP contribution in [0.1, 0.15) is 44.6 Å². The van der Waals surface area contributed by atoms with Crippen molar-refractivity contribution in [3.05, 3.63) is 29.8 Å². The van der Waals surface area contributed by atoms with Crippen molar-refractivity contribution in [2.45, 2.75) is 51.6 Å². The molecule has 20 heavy (non-hydrogen) atoms. The minimum absolute atomic E-state index is 0.122. The van der Waals surface area contributed by atoms with Gasteiger partial charge in [0.05, 0.1) is 0 Å². The number of benzene rings is 1. The molecule has 0 heterocycles. The Labute approximate surface area is 121 Å². The number of nitrogens with two attached hydrogens (primary N) is 1. The number of hydrogen-bond donors (Lipinski definition) is 3. The van der Waals surface area contributed by atoms with E-state index in [2.05, 4.69) is 17.6 Å². The smallest absolute Gasteiger partial charge is 0.319 e. The van der Waals surface area contributed by atoms with Gasteiger partial charge in [0.25, 0.3) is 0 Å². The first-order valence-electron chi connectivity index (χ1n) is 7.55. The number of rotatable bonds is 4. The predicted octanol–water partition coefficient (Wildman–Crippen LogP) is 3.24. The number of nitrogens with one attached hydrogen (secondary N) is 2. The monoisotopic (exact) mass is 275 g/mol. The van der Waals surface area contributed by atoms with Crippen LogP contribution < -0.4 is 16.4 Å². The molecule has 0 spiro atoms. The van der Waals surface area contributed by atoms with Crippen molar-refractivity contribution in [2.24, 2.45) is 11.7 Å². The maximum Gasteiger partial charge on any atom is 0.319 e. The molecule has 0 saturated heterocycles. The van der Waals surface area contributed by atoms with E-state index >= 15 is 0 Å². The van der Waals surface area contributed by atoms with Crippen LogP contribution in [0, 0.1) is 5.92 Å². The fraction of sp³-hybridized carbons (Fsp3) is 0.562. The van der Waals surface area contributed by atoms with Crippen LogP contribution in [0.25, 0.3) is 0 Å². The third kappa shape index (κ3) is 4.23. The number of anilines is 1. The van der Waals surface area contributed by atoms with Gasteiger partial charge in [-0.1, -0.05) is 31.4 Å². The molecule has 4 nitrogen and oxygen atoms in total. The van der Waals surface area contributed by atoms with Crippen molar-refractivity contribution in [2.75, 3.05) is 5.32 Å². The van der Waals surface area contributed by atoms with Crippen LogP contribution in [0.5, 0.6) is 0 Å². The Morgan fingerprint density at radius 2 is 1.90 bits per heavy atom. The second kappa shape index (κ2) is 7.29. The maximum absolute atomic E-state index is 12.0. The first-order chi connectivity index (χ1) is 9.69. The highest BCUT2D eigenvalue weighted by atomic mass is 16.2. The van der Waals surface area contributed by atoms with Gasteiger partial charge < -0.3 is 16.4 Å². The molecule has 0 radical (unpaired) electrons. The van der Waals surface area contributed by atoms with E-state index in [1.807, 2.05) is 24.3 Å². The largest absolute Gasteiger partial charge is 0.335 e. The van der Waals surface area contributed by atoms with Crippen molar-refractivity contribution in [1.29, 1.82) is 0 Å². The number of urea groups is 1. The molecule has 1 fully saturated rings. The normalized spacial score (nSPS) is 17.5. The molecule has 1 unspecified atom stereocenters. The van der Waals surface area contributed by atoms with E-state index in [0.29, 0.717) is 12.5 Å². The summed E-state index contributed by atoms with van der Waals surface area (Å²) in [7, 11) is 0. The molecule has 2 rings (SSSR count). The van der Waals surface area contributed by atoms with Gasteiger partial charge in [-0.15, -0.1) is 0 Å². The van der Waals surface area contributed by atoms with Crippen molar-refractivity contribution in [3.63, 3.8) is 0 Å². The predicted molar refractivity (Wildman–Crippen MR) is 82.5 cm³/mol. The molecule has 4 heteroatoms. The Bertz CT molecular complexity index is 424. The van der Waals surface area contributed by atoms with Crippen LogP contribution in [0.4, 0.5) is 10.5 Å². The molecule has 1 aromatic carbocycles. The third-order valence-corrected chi connectivity index (χ3v) is 4.16. The molecule has 4 N–H and O–H groups in total. The summed E-state index contributed by atoms with van der Waals surface area (Å²) in [5.74, 6) is 0.620. The van der Waals surface area contributed by atoms with Crippen LogP contribution in [0.15, 0.2) is 24.3 Å². The lowest BCUT2D eigenvalue weighted by molar-refractivity contribution is 0.235. The number of carbonyl (C=O) groups excluding carboxylic acids is 1. The average Bonchev–Trinajstić information content (AvgIpc) is 2.49. The maximum atomic E-state index is 12.0. The standard InChI is InChI=1S/C16H25N3O/c1-12(14-5-3-2-4-6-14)18-16(20)19-15-9-7-13(11-17)8-10-15/h7-10,12,14H,2-6,11,17H2,1H3,(H2,18,19,20). The Hall–Kier alpha value is -1.55. The van der Waals surface area contributed by atoms with Crippen LogP contribution >= 0.6 is 0 Å². The van der Waals surface area contributed by atoms with Crippen LogP contribution in [-0.2, 0) is 6.54 Å². The average molecular weight is 275 g/mol. The van der Waals surface area contributed by atoms with Gasteiger partial charge in [0.15, 0.2) is 0 Å². The Balaban J connectivity index is 1.81. The Morgan fingerprint density at radius 1 is 1.25 bits per heavy atom. The SMILES string of the molecule is CC(NC(=O)Nc1ccc(CN)cc1)C1CCCCC1. The van der Waals surface area contributed by atoms with E-state index in [-0.39, 0.29) is 12.1 Å². The van der Waals surface area contributed by atoms with E-state index < -0.39 is 0 Å². The molecular formula is C16H25N3O. The number of carbonyl (C=O) groups is 1. The van der Waals surface area contributed by atoms with Gasteiger partial charge in [-0.25, -0.2) is 4.79 Å². The van der Waals surface area contributed by atoms with Gasteiger partial charge in [0, 0.05) is 18.3 Å². The van der Waals surface area contributed by atoms with E-state index in [1.165, 1.54) is 32.1 Å². The molecule has 0 aliphatic heterocycles. The summed E-state index contributed by atoms with van der Waals surface area (Å²) in [5.41, 5.74) is 7.41. The van der Waals surface area contributed by atoms with Crippen molar-refractivity contribution < 1.29 is 4.79 Å². The highest BCUT2D eigenvalue weighted by Gasteiger charge is 2.21. The molecule has 1 saturated carbocycles. The summed E-state index contributed by atoms with van der Waals surface area (Å²) in [6.07, 6.45) is 6.37. The summed E-state index contributed by atoms with van der Waals surface area (Å²) in [5, 5.41) is 5.92. The van der Waals surface area contributed by atoms with Gasteiger partial charge in [0.1, 0.15) is 0 Å². The highest BCUT2D eigenvalue weighted by Crippen LogP contribution is 2.26. The lowest BCUT2D eigenvalue weighted by Crippen LogP contribution is -2.41. The third-order valence-electron chi connectivity index (χ3n) is 4.16. The molecule has 0 bridgehead atoms. The summed E-state index contributed by atoms with van der Waals surface area (Å²) >= 11 is 0. The minimum Gasteiger partial charge on any atom is -0.335 e. The van der Waals surface area contributed by atoms with E-state index in [0.717, 1.165) is 11.3 Å². The second-order valence-corrected chi connectivity index (χ2v) is 5.69. The highest BCUT2D eigenvalue weighted by molar-refractivity contribution is 5.89. The fourth-order valence-corrected chi connectivity index (χ4v) is 2.85. The van der Waals surface area contributed by atoms with E-state index in [9.17, 15) is 4.79 Å². The molecule has 0 aromatic heterocycles. The fourth-order valence-electron chi connectivity index (χ4n) is 2.85. The quantitative estimate of drug-likeness (QED) is 0.789. The van der Waals surface area contributed by atoms with Crippen molar-refractivity contribution in [3.8, 4) is 0 Å². The molecule has 1 aliphatic carbocycles. The zero-order valence-electron chi connectivity index (χ0n) is 12.2. The first kappa shape index (κ1) is 14.9. The van der Waals surface area contributed by atoms with Gasteiger partial charge in [-0.2, -0.15) is 0 Å². The molecule has 1 atom stereocenters. The molecule has 110 valence electrons. The summed E-state index contributed by atoms with van der Waals surface area (Å²) < 4.78 is 0. The van der Waals surface area contributed by atoms with Crippen molar-refractivity contribution >= 4 is 11.7 Å². The van der Waals surface area contributed by atoms with Gasteiger partial charge in [-0.05, 0) is 43.4 Å². The summed E-state index contributed by atoms with van der Waals surface area (Å²) in [6, 6.07) is 7.74. The zero-order valence-corrected chi connectivity index (χ0v) is 12.2. The Kier molecular flexibility index (Phi) is 5.41. The topological polar surface area (TPSA) is 67.2 Å². The lowest BCUT2D eigenvalue weighted by Gasteiger charge is -2.28. The van der Waals surface area contributed by atoms with Crippen molar-refractivity contribution in [1.82, 2.24) is 5.32 Å². The van der Waals surface area contributed by atoms with Crippen LogP contribution in [0.2, 0.25) is 0 Å². The summed E-state index contributed by atoms with van der Waals surface area (Å²) in [6.45, 7) is 2.62. The van der Waals surface area contributed by atoms with Crippen LogP contribution in [0.3, 0.4) is 0 Å². The lowest BCUT2D eigenvalue weighted by atomic mass is 9.85. The molecule has 1 aliphatic rings. The molecule has 2 amide bonds. The van der Waals surface area contributed by atoms with Gasteiger partial charge in [0.2, 0.25) is 0 Å². The van der Waals surface area contributed by atoms with E-state index in [1.54, 1.807) is 0 Å². The number of hydrogen-bond acceptors (Lipinski definition) is 2. The van der Waals surface area contributed by atoms with E-state index in [4.69, 9.17) is 5.73 Å². The van der Waals surface area contributed by atoms with Gasteiger partial charge >= 0.3 is 6.03 Å². The minimum atomic E-state index is -0.122. The number of amides is 2. The second-order valence-electron chi connectivity index (χ2n) is 5.69.